The number of anilines is 1. The Morgan fingerprint density at radius 1 is 1.45 bits per heavy atom. The summed E-state index contributed by atoms with van der Waals surface area (Å²) in [4.78, 5) is 20.1. The number of para-hydroxylation sites is 1. The number of aromatic nitrogens is 3. The van der Waals surface area contributed by atoms with Gasteiger partial charge in [0.1, 0.15) is 0 Å². The maximum Gasteiger partial charge on any atom is 0.228 e. The van der Waals surface area contributed by atoms with Gasteiger partial charge in [0.25, 0.3) is 0 Å². The topological polar surface area (TPSA) is 62.7 Å². The third-order valence-electron chi connectivity index (χ3n) is 4.39. The summed E-state index contributed by atoms with van der Waals surface area (Å²) in [5.41, 5.74) is 4.09. The Hall–Kier alpha value is -2.56. The molecule has 3 aromatic rings. The van der Waals surface area contributed by atoms with Gasteiger partial charge in [-0.05, 0) is 25.5 Å². The smallest absolute Gasteiger partial charge is 0.228 e. The first kappa shape index (κ1) is 13.1. The highest BCUT2D eigenvalue weighted by molar-refractivity contribution is 6.01. The number of imidazole rings is 1. The number of H-pyrrole nitrogens is 1. The van der Waals surface area contributed by atoms with Gasteiger partial charge in [-0.3, -0.25) is 4.79 Å². The maximum atomic E-state index is 12.6. The van der Waals surface area contributed by atoms with Crippen LogP contribution in [0.15, 0.2) is 36.8 Å². The minimum Gasteiger partial charge on any atom is -0.357 e. The Labute approximate surface area is 128 Å². The van der Waals surface area contributed by atoms with E-state index in [2.05, 4.69) is 25.9 Å². The number of carbonyl (C=O) groups is 1. The van der Waals surface area contributed by atoms with Crippen molar-refractivity contribution >= 4 is 22.5 Å². The first-order valence-corrected chi connectivity index (χ1v) is 7.59. The number of nitrogens with zero attached hydrogens (tertiary/aromatic N) is 2. The lowest BCUT2D eigenvalue weighted by Gasteiger charge is -2.23. The molecule has 0 saturated heterocycles. The molecule has 2 aromatic heterocycles. The molecule has 0 saturated carbocycles. The Morgan fingerprint density at radius 3 is 3.27 bits per heavy atom. The van der Waals surface area contributed by atoms with Gasteiger partial charge in [0.05, 0.1) is 17.5 Å². The molecule has 1 aromatic carbocycles. The molecule has 4 rings (SSSR count). The number of rotatable bonds is 2. The number of fused-ring (bicyclic) bond motifs is 2. The average molecular weight is 294 g/mol. The molecule has 2 N–H and O–H groups in total. The lowest BCUT2D eigenvalue weighted by Crippen LogP contribution is -2.30. The lowest BCUT2D eigenvalue weighted by atomic mass is 9.95. The zero-order valence-electron chi connectivity index (χ0n) is 12.5. The Balaban J connectivity index is 1.57. The second kappa shape index (κ2) is 5.02. The molecule has 112 valence electrons. The standard InChI is InChI=1S/C17H18N4O/c1-11-7-12-3-2-4-15(16(12)19-11)20-17(22)13-5-6-21-10-18-9-14(21)8-13/h2-4,7,9-10,13,19H,5-6,8H2,1H3,(H,20,22). The molecule has 5 nitrogen and oxygen atoms in total. The molecule has 5 heteroatoms. The molecular formula is C17H18N4O. The van der Waals surface area contributed by atoms with Crippen LogP contribution in [-0.4, -0.2) is 20.4 Å². The van der Waals surface area contributed by atoms with Crippen LogP contribution < -0.4 is 5.32 Å². The molecule has 1 amide bonds. The van der Waals surface area contributed by atoms with Gasteiger partial charge in [0, 0.05) is 41.9 Å². The van der Waals surface area contributed by atoms with Gasteiger partial charge >= 0.3 is 0 Å². The molecule has 22 heavy (non-hydrogen) atoms. The summed E-state index contributed by atoms with van der Waals surface area (Å²) in [6.07, 6.45) is 5.31. The van der Waals surface area contributed by atoms with Crippen LogP contribution in [0, 0.1) is 12.8 Å². The lowest BCUT2D eigenvalue weighted by molar-refractivity contribution is -0.120. The summed E-state index contributed by atoms with van der Waals surface area (Å²) >= 11 is 0. The largest absolute Gasteiger partial charge is 0.357 e. The second-order valence-electron chi connectivity index (χ2n) is 5.98. The van der Waals surface area contributed by atoms with Crippen molar-refractivity contribution in [3.05, 3.63) is 48.2 Å². The Kier molecular flexibility index (Phi) is 2.99. The molecule has 0 aliphatic carbocycles. The fourth-order valence-electron chi connectivity index (χ4n) is 3.23. The molecule has 3 heterocycles. The fourth-order valence-corrected chi connectivity index (χ4v) is 3.23. The molecular weight excluding hydrogens is 276 g/mol. The predicted octanol–water partition coefficient (Wildman–Crippen LogP) is 2.87. The average Bonchev–Trinajstić information content (AvgIpc) is 3.12. The molecule has 0 spiro atoms. The van der Waals surface area contributed by atoms with Gasteiger partial charge in [0.15, 0.2) is 0 Å². The maximum absolute atomic E-state index is 12.6. The zero-order valence-corrected chi connectivity index (χ0v) is 12.5. The Morgan fingerprint density at radius 2 is 2.36 bits per heavy atom. The first-order chi connectivity index (χ1) is 10.7. The van der Waals surface area contributed by atoms with Crippen LogP contribution in [0.4, 0.5) is 5.69 Å². The van der Waals surface area contributed by atoms with E-state index in [1.807, 2.05) is 37.6 Å². The third kappa shape index (κ3) is 2.19. The zero-order chi connectivity index (χ0) is 15.1. The third-order valence-corrected chi connectivity index (χ3v) is 4.39. The quantitative estimate of drug-likeness (QED) is 0.763. The van der Waals surface area contributed by atoms with Crippen molar-refractivity contribution in [1.82, 2.24) is 14.5 Å². The van der Waals surface area contributed by atoms with Crippen molar-refractivity contribution in [2.24, 2.45) is 5.92 Å². The highest BCUT2D eigenvalue weighted by Gasteiger charge is 2.25. The summed E-state index contributed by atoms with van der Waals surface area (Å²) in [7, 11) is 0. The van der Waals surface area contributed by atoms with Crippen LogP contribution in [-0.2, 0) is 17.8 Å². The van der Waals surface area contributed by atoms with E-state index in [0.29, 0.717) is 0 Å². The number of aryl methyl sites for hydroxylation is 2. The number of nitrogens with one attached hydrogen (secondary N) is 2. The summed E-state index contributed by atoms with van der Waals surface area (Å²) in [5.74, 6) is 0.0997. The van der Waals surface area contributed by atoms with Crippen molar-refractivity contribution in [2.75, 3.05) is 5.32 Å². The van der Waals surface area contributed by atoms with Gasteiger partial charge in [-0.25, -0.2) is 4.98 Å². The van der Waals surface area contributed by atoms with Gasteiger partial charge in [-0.2, -0.15) is 0 Å². The van der Waals surface area contributed by atoms with Crippen LogP contribution in [0.3, 0.4) is 0 Å². The van der Waals surface area contributed by atoms with E-state index < -0.39 is 0 Å². The van der Waals surface area contributed by atoms with Crippen molar-refractivity contribution in [3.63, 3.8) is 0 Å². The van der Waals surface area contributed by atoms with E-state index in [0.717, 1.165) is 47.4 Å². The normalized spacial score (nSPS) is 17.4. The molecule has 0 bridgehead atoms. The van der Waals surface area contributed by atoms with Gasteiger partial charge in [-0.15, -0.1) is 0 Å². The fraction of sp³-hybridized carbons (Fsp3) is 0.294. The number of amides is 1. The van der Waals surface area contributed by atoms with Crippen molar-refractivity contribution in [1.29, 1.82) is 0 Å². The first-order valence-electron chi connectivity index (χ1n) is 7.59. The number of aromatic amines is 1. The Bertz CT molecular complexity index is 845. The molecule has 1 atom stereocenters. The molecule has 1 unspecified atom stereocenters. The van der Waals surface area contributed by atoms with Crippen LogP contribution in [0.1, 0.15) is 17.8 Å². The van der Waals surface area contributed by atoms with E-state index in [9.17, 15) is 4.79 Å². The van der Waals surface area contributed by atoms with Crippen molar-refractivity contribution in [2.45, 2.75) is 26.3 Å². The molecule has 0 fully saturated rings. The SMILES string of the molecule is Cc1cc2cccc(NC(=O)C3CCn4cncc4C3)c2[nH]1. The van der Waals surface area contributed by atoms with Crippen molar-refractivity contribution < 1.29 is 4.79 Å². The van der Waals surface area contributed by atoms with Gasteiger partial charge in [-0.1, -0.05) is 12.1 Å². The van der Waals surface area contributed by atoms with E-state index in [-0.39, 0.29) is 11.8 Å². The van der Waals surface area contributed by atoms with Crippen LogP contribution >= 0.6 is 0 Å². The number of benzene rings is 1. The number of hydrogen-bond acceptors (Lipinski definition) is 2. The summed E-state index contributed by atoms with van der Waals surface area (Å²) in [6.45, 7) is 2.88. The monoisotopic (exact) mass is 294 g/mol. The van der Waals surface area contributed by atoms with E-state index in [4.69, 9.17) is 0 Å². The van der Waals surface area contributed by atoms with Gasteiger partial charge in [0.2, 0.25) is 5.91 Å². The summed E-state index contributed by atoms with van der Waals surface area (Å²) < 4.78 is 2.12. The minimum absolute atomic E-state index is 0.00974. The summed E-state index contributed by atoms with van der Waals surface area (Å²) in [5, 5.41) is 4.21. The minimum atomic E-state index is 0.00974. The molecule has 0 radical (unpaired) electrons. The van der Waals surface area contributed by atoms with Crippen molar-refractivity contribution in [3.8, 4) is 0 Å². The van der Waals surface area contributed by atoms with E-state index in [1.54, 1.807) is 0 Å². The highest BCUT2D eigenvalue weighted by atomic mass is 16.1. The second-order valence-corrected chi connectivity index (χ2v) is 5.98. The number of hydrogen-bond donors (Lipinski definition) is 2. The number of carbonyl (C=O) groups excluding carboxylic acids is 1. The summed E-state index contributed by atoms with van der Waals surface area (Å²) in [6, 6.07) is 8.06. The highest BCUT2D eigenvalue weighted by Crippen LogP contribution is 2.26. The van der Waals surface area contributed by atoms with Crippen LogP contribution in [0.5, 0.6) is 0 Å². The van der Waals surface area contributed by atoms with E-state index in [1.165, 1.54) is 0 Å². The van der Waals surface area contributed by atoms with Gasteiger partial charge < -0.3 is 14.9 Å². The van der Waals surface area contributed by atoms with Crippen LogP contribution in [0.2, 0.25) is 0 Å². The molecule has 1 aliphatic rings. The van der Waals surface area contributed by atoms with Crippen LogP contribution in [0.25, 0.3) is 10.9 Å². The molecule has 1 aliphatic heterocycles. The predicted molar refractivity (Wildman–Crippen MR) is 85.7 cm³/mol. The van der Waals surface area contributed by atoms with E-state index >= 15 is 0 Å².